The van der Waals surface area contributed by atoms with Crippen LogP contribution in [0.3, 0.4) is 0 Å². The lowest BCUT2D eigenvalue weighted by atomic mass is 10.1. The van der Waals surface area contributed by atoms with Crippen LogP contribution in [0.5, 0.6) is 11.5 Å². The number of carbonyl (C=O) groups excluding carboxylic acids is 1. The number of nitrogens with zero attached hydrogens (tertiary/aromatic N) is 2. The van der Waals surface area contributed by atoms with Crippen LogP contribution >= 0.6 is 0 Å². The van der Waals surface area contributed by atoms with Crippen LogP contribution in [0.25, 0.3) is 0 Å². The second-order valence-corrected chi connectivity index (χ2v) is 8.01. The van der Waals surface area contributed by atoms with E-state index in [1.54, 1.807) is 12.1 Å². The Hall–Kier alpha value is -3.44. The van der Waals surface area contributed by atoms with Crippen LogP contribution in [0.15, 0.2) is 52.5 Å². The maximum absolute atomic E-state index is 12.7. The Morgan fingerprint density at radius 1 is 1.13 bits per heavy atom. The van der Waals surface area contributed by atoms with E-state index in [0.717, 1.165) is 4.31 Å². The van der Waals surface area contributed by atoms with Gasteiger partial charge in [-0.25, -0.2) is 18.6 Å². The number of hydrogen-bond donors (Lipinski definition) is 2. The van der Waals surface area contributed by atoms with Gasteiger partial charge in [0.2, 0.25) is 10.0 Å². The zero-order valence-electron chi connectivity index (χ0n) is 16.5. The number of sulfonamides is 1. The first kappa shape index (κ1) is 22.8. The number of carboxylic acids is 1. The van der Waals surface area contributed by atoms with Gasteiger partial charge in [-0.1, -0.05) is 18.2 Å². The van der Waals surface area contributed by atoms with E-state index in [0.29, 0.717) is 5.75 Å². The average molecular weight is 435 g/mol. The first-order valence-electron chi connectivity index (χ1n) is 8.53. The first-order valence-corrected chi connectivity index (χ1v) is 9.97. The molecule has 0 aliphatic heterocycles. The maximum Gasteiger partial charge on any atom is 0.336 e. The number of ether oxygens (including phenoxy) is 2. The highest BCUT2D eigenvalue weighted by Crippen LogP contribution is 2.30. The summed E-state index contributed by atoms with van der Waals surface area (Å²) in [5, 5.41) is 12.8. The second kappa shape index (κ2) is 9.85. The van der Waals surface area contributed by atoms with Crippen molar-refractivity contribution in [2.24, 2.45) is 5.10 Å². The molecule has 0 atom stereocenters. The monoisotopic (exact) mass is 435 g/mol. The Kier molecular flexibility index (Phi) is 7.50. The third-order valence-corrected chi connectivity index (χ3v) is 5.81. The molecule has 0 aliphatic carbocycles. The van der Waals surface area contributed by atoms with Crippen LogP contribution in [0, 0.1) is 0 Å². The van der Waals surface area contributed by atoms with E-state index in [1.807, 2.05) is 0 Å². The molecule has 0 heterocycles. The van der Waals surface area contributed by atoms with Crippen LogP contribution in [-0.4, -0.2) is 63.7 Å². The number of hydrogen-bond acceptors (Lipinski definition) is 7. The molecular weight excluding hydrogens is 414 g/mol. The number of amides is 1. The lowest BCUT2D eigenvalue weighted by Gasteiger charge is -2.17. The van der Waals surface area contributed by atoms with Crippen LogP contribution in [0.2, 0.25) is 0 Å². The highest BCUT2D eigenvalue weighted by Gasteiger charge is 2.24. The van der Waals surface area contributed by atoms with E-state index in [4.69, 9.17) is 14.6 Å². The molecule has 0 saturated carbocycles. The van der Waals surface area contributed by atoms with E-state index in [9.17, 15) is 18.0 Å². The summed E-state index contributed by atoms with van der Waals surface area (Å²) in [7, 11) is 0.0750. The van der Waals surface area contributed by atoms with Crippen molar-refractivity contribution in [2.75, 3.05) is 27.8 Å². The Morgan fingerprint density at radius 2 is 1.80 bits per heavy atom. The molecule has 30 heavy (non-hydrogen) atoms. The summed E-state index contributed by atoms with van der Waals surface area (Å²) in [5.41, 5.74) is 2.49. The standard InChI is InChI=1S/C19H21N3O7S/c1-22(30(26,27)14-8-9-16(28-2)17(10-14)29-3)12-18(23)21-20-11-13-6-4-5-7-15(13)19(24)25/h4-11H,12H2,1-3H3,(H,21,23)(H,24,25)/b20-11-. The summed E-state index contributed by atoms with van der Waals surface area (Å²) in [5.74, 6) is -1.24. The number of carboxylic acid groups (broad SMARTS) is 1. The molecule has 0 unspecified atom stereocenters. The van der Waals surface area contributed by atoms with Crippen molar-refractivity contribution in [1.82, 2.24) is 9.73 Å². The topological polar surface area (TPSA) is 135 Å². The van der Waals surface area contributed by atoms with Gasteiger partial charge in [-0.2, -0.15) is 9.41 Å². The Morgan fingerprint density at radius 3 is 2.43 bits per heavy atom. The zero-order valence-corrected chi connectivity index (χ0v) is 17.3. The lowest BCUT2D eigenvalue weighted by Crippen LogP contribution is -2.36. The van der Waals surface area contributed by atoms with Gasteiger partial charge >= 0.3 is 5.97 Å². The minimum Gasteiger partial charge on any atom is -0.493 e. The quantitative estimate of drug-likeness (QED) is 0.446. The molecule has 0 aliphatic rings. The maximum atomic E-state index is 12.7. The van der Waals surface area contributed by atoms with Crippen LogP contribution in [0.4, 0.5) is 0 Å². The number of hydrazone groups is 1. The number of nitrogens with one attached hydrogen (secondary N) is 1. The third kappa shape index (κ3) is 5.33. The van der Waals surface area contributed by atoms with Gasteiger partial charge in [-0.15, -0.1) is 0 Å². The molecule has 2 rings (SSSR count). The SMILES string of the molecule is COc1ccc(S(=O)(=O)N(C)CC(=O)N/N=C\c2ccccc2C(=O)O)cc1OC. The summed E-state index contributed by atoms with van der Waals surface area (Å²) in [6.45, 7) is -0.505. The number of methoxy groups -OCH3 is 2. The summed E-state index contributed by atoms with van der Waals surface area (Å²) in [6.07, 6.45) is 1.17. The van der Waals surface area contributed by atoms with Gasteiger partial charge < -0.3 is 14.6 Å². The van der Waals surface area contributed by atoms with Crippen molar-refractivity contribution in [1.29, 1.82) is 0 Å². The summed E-state index contributed by atoms with van der Waals surface area (Å²) in [6, 6.07) is 10.2. The molecule has 0 fully saturated rings. The van der Waals surface area contributed by atoms with Gasteiger partial charge in [0.1, 0.15) is 0 Å². The fourth-order valence-corrected chi connectivity index (χ4v) is 3.60. The number of carbonyl (C=O) groups is 2. The molecule has 0 spiro atoms. The number of likely N-dealkylation sites (N-methyl/N-ethyl adjacent to an activating group) is 1. The number of rotatable bonds is 9. The zero-order chi connectivity index (χ0) is 22.3. The molecule has 0 radical (unpaired) electrons. The van der Waals surface area contributed by atoms with E-state index >= 15 is 0 Å². The highest BCUT2D eigenvalue weighted by molar-refractivity contribution is 7.89. The first-order chi connectivity index (χ1) is 14.2. The van der Waals surface area contributed by atoms with Gasteiger partial charge in [0.25, 0.3) is 5.91 Å². The van der Waals surface area contributed by atoms with E-state index < -0.39 is 28.4 Å². The lowest BCUT2D eigenvalue weighted by molar-refractivity contribution is -0.121. The summed E-state index contributed by atoms with van der Waals surface area (Å²) >= 11 is 0. The van der Waals surface area contributed by atoms with E-state index in [1.165, 1.54) is 57.8 Å². The van der Waals surface area contributed by atoms with Crippen molar-refractivity contribution in [3.63, 3.8) is 0 Å². The van der Waals surface area contributed by atoms with Crippen molar-refractivity contribution in [3.8, 4) is 11.5 Å². The van der Waals surface area contributed by atoms with Gasteiger partial charge in [0, 0.05) is 18.7 Å². The largest absolute Gasteiger partial charge is 0.493 e. The molecule has 2 aromatic rings. The molecule has 0 saturated heterocycles. The van der Waals surface area contributed by atoms with Crippen molar-refractivity contribution >= 4 is 28.1 Å². The molecule has 0 bridgehead atoms. The fourth-order valence-electron chi connectivity index (χ4n) is 2.46. The Labute approximate surface area is 173 Å². The predicted molar refractivity (Wildman–Crippen MR) is 108 cm³/mol. The normalized spacial score (nSPS) is 11.5. The molecule has 11 heteroatoms. The number of aromatic carboxylic acids is 1. The summed E-state index contributed by atoms with van der Waals surface area (Å²) in [4.78, 5) is 23.2. The van der Waals surface area contributed by atoms with Crippen LogP contribution in [-0.2, 0) is 14.8 Å². The van der Waals surface area contributed by atoms with Crippen LogP contribution in [0.1, 0.15) is 15.9 Å². The minimum atomic E-state index is -3.98. The number of benzene rings is 2. The van der Waals surface area contributed by atoms with Gasteiger partial charge in [-0.05, 0) is 18.2 Å². The van der Waals surface area contributed by atoms with Gasteiger partial charge in [0.15, 0.2) is 11.5 Å². The Bertz CT molecular complexity index is 1070. The van der Waals surface area contributed by atoms with E-state index in [-0.39, 0.29) is 21.8 Å². The van der Waals surface area contributed by atoms with Gasteiger partial charge in [-0.3, -0.25) is 4.79 Å². The summed E-state index contributed by atoms with van der Waals surface area (Å²) < 4.78 is 36.4. The molecule has 2 N–H and O–H groups in total. The fraction of sp³-hybridized carbons (Fsp3) is 0.211. The average Bonchev–Trinajstić information content (AvgIpc) is 2.73. The molecule has 10 nitrogen and oxygen atoms in total. The second-order valence-electron chi connectivity index (χ2n) is 5.96. The van der Waals surface area contributed by atoms with Gasteiger partial charge in [0.05, 0.1) is 37.4 Å². The molecule has 1 amide bonds. The van der Waals surface area contributed by atoms with Crippen LogP contribution < -0.4 is 14.9 Å². The van der Waals surface area contributed by atoms with Crippen molar-refractivity contribution in [3.05, 3.63) is 53.6 Å². The smallest absolute Gasteiger partial charge is 0.336 e. The van der Waals surface area contributed by atoms with E-state index in [2.05, 4.69) is 10.5 Å². The van der Waals surface area contributed by atoms with Crippen molar-refractivity contribution in [2.45, 2.75) is 4.90 Å². The molecule has 0 aromatic heterocycles. The van der Waals surface area contributed by atoms with Crippen molar-refractivity contribution < 1.29 is 32.6 Å². The molecular formula is C19H21N3O7S. The molecule has 2 aromatic carbocycles. The minimum absolute atomic E-state index is 0.0173. The predicted octanol–water partition coefficient (Wildman–Crippen LogP) is 1.17. The Balaban J connectivity index is 2.07. The molecule has 160 valence electrons. The third-order valence-electron chi connectivity index (χ3n) is 4.01. The highest BCUT2D eigenvalue weighted by atomic mass is 32.2.